The van der Waals surface area contributed by atoms with Crippen LogP contribution >= 0.6 is 0 Å². The van der Waals surface area contributed by atoms with E-state index in [9.17, 15) is 0 Å². The molecule has 0 aliphatic carbocycles. The highest BCUT2D eigenvalue weighted by Crippen LogP contribution is 2.34. The number of benzene rings is 6. The van der Waals surface area contributed by atoms with Crippen molar-refractivity contribution < 1.29 is 0 Å². The summed E-state index contributed by atoms with van der Waals surface area (Å²) in [5.74, 6) is 0. The van der Waals surface area contributed by atoms with Crippen molar-refractivity contribution in [1.82, 2.24) is 0 Å². The van der Waals surface area contributed by atoms with Crippen LogP contribution in [0, 0.1) is 6.92 Å². The predicted molar refractivity (Wildman–Crippen MR) is 174 cm³/mol. The SMILES string of the molecule is Cc1ccc(/C=C/c2ccc3cc(/C=C/c4ccc(N(c5ccccc5)c5ccccc5)cc4)ccc3c2)cc1. The minimum absolute atomic E-state index is 1.13. The molecule has 0 aliphatic rings. The number of hydrogen-bond acceptors (Lipinski definition) is 1. The first-order chi connectivity index (χ1) is 19.7. The number of para-hydroxylation sites is 2. The van der Waals surface area contributed by atoms with Crippen molar-refractivity contribution in [1.29, 1.82) is 0 Å². The molecule has 40 heavy (non-hydrogen) atoms. The second-order valence-electron chi connectivity index (χ2n) is 10.0. The van der Waals surface area contributed by atoms with Crippen molar-refractivity contribution in [3.63, 3.8) is 0 Å². The van der Waals surface area contributed by atoms with Crippen LogP contribution in [0.3, 0.4) is 0 Å². The highest BCUT2D eigenvalue weighted by atomic mass is 15.1. The molecule has 1 heteroatoms. The van der Waals surface area contributed by atoms with Crippen LogP contribution in [0.15, 0.2) is 146 Å². The lowest BCUT2D eigenvalue weighted by Crippen LogP contribution is -2.09. The van der Waals surface area contributed by atoms with Gasteiger partial charge in [0.05, 0.1) is 0 Å². The summed E-state index contributed by atoms with van der Waals surface area (Å²) in [6.07, 6.45) is 8.71. The zero-order chi connectivity index (χ0) is 27.1. The molecule has 192 valence electrons. The summed E-state index contributed by atoms with van der Waals surface area (Å²) >= 11 is 0. The first kappa shape index (κ1) is 25.2. The molecule has 6 aromatic carbocycles. The molecule has 0 aromatic heterocycles. The summed E-state index contributed by atoms with van der Waals surface area (Å²) in [6.45, 7) is 2.11. The van der Waals surface area contributed by atoms with Crippen LogP contribution in [0.25, 0.3) is 35.1 Å². The van der Waals surface area contributed by atoms with Gasteiger partial charge in [-0.3, -0.25) is 0 Å². The molecule has 6 rings (SSSR count). The summed E-state index contributed by atoms with van der Waals surface area (Å²) in [6, 6.07) is 51.6. The van der Waals surface area contributed by atoms with Crippen LogP contribution in [0.4, 0.5) is 17.1 Å². The third-order valence-corrected chi connectivity index (χ3v) is 7.08. The van der Waals surface area contributed by atoms with Gasteiger partial charge in [-0.2, -0.15) is 0 Å². The van der Waals surface area contributed by atoms with E-state index in [2.05, 4.69) is 182 Å². The Bertz CT molecular complexity index is 1720. The van der Waals surface area contributed by atoms with Gasteiger partial charge < -0.3 is 4.90 Å². The first-order valence-electron chi connectivity index (χ1n) is 13.7. The highest BCUT2D eigenvalue weighted by molar-refractivity contribution is 5.89. The maximum Gasteiger partial charge on any atom is 0.0462 e. The zero-order valence-corrected chi connectivity index (χ0v) is 22.6. The molecule has 6 aromatic rings. The molecular formula is C39H31N. The quantitative estimate of drug-likeness (QED) is 0.192. The van der Waals surface area contributed by atoms with E-state index in [0.717, 1.165) is 17.1 Å². The molecule has 0 heterocycles. The fraction of sp³-hybridized carbons (Fsp3) is 0.0256. The largest absolute Gasteiger partial charge is 0.311 e. The average Bonchev–Trinajstić information content (AvgIpc) is 3.01. The van der Waals surface area contributed by atoms with E-state index in [0.29, 0.717) is 0 Å². The van der Waals surface area contributed by atoms with Gasteiger partial charge >= 0.3 is 0 Å². The van der Waals surface area contributed by atoms with E-state index in [1.54, 1.807) is 0 Å². The van der Waals surface area contributed by atoms with Gasteiger partial charge in [-0.15, -0.1) is 0 Å². The van der Waals surface area contributed by atoms with E-state index in [4.69, 9.17) is 0 Å². The number of fused-ring (bicyclic) bond motifs is 1. The van der Waals surface area contributed by atoms with Crippen LogP contribution in [0.5, 0.6) is 0 Å². The molecule has 0 radical (unpaired) electrons. The van der Waals surface area contributed by atoms with Crippen LogP contribution in [-0.2, 0) is 0 Å². The molecule has 0 amide bonds. The number of anilines is 3. The molecule has 0 atom stereocenters. The topological polar surface area (TPSA) is 3.24 Å². The summed E-state index contributed by atoms with van der Waals surface area (Å²) < 4.78 is 0. The Morgan fingerprint density at radius 2 is 0.750 bits per heavy atom. The van der Waals surface area contributed by atoms with E-state index < -0.39 is 0 Å². The fourth-order valence-electron chi connectivity index (χ4n) is 4.89. The Kier molecular flexibility index (Phi) is 7.37. The second kappa shape index (κ2) is 11.7. The van der Waals surface area contributed by atoms with Crippen molar-refractivity contribution in [2.45, 2.75) is 6.92 Å². The monoisotopic (exact) mass is 513 g/mol. The molecule has 0 N–H and O–H groups in total. The van der Waals surface area contributed by atoms with Crippen molar-refractivity contribution in [3.05, 3.63) is 173 Å². The third kappa shape index (κ3) is 5.95. The van der Waals surface area contributed by atoms with Gasteiger partial charge in [-0.1, -0.05) is 127 Å². The first-order valence-corrected chi connectivity index (χ1v) is 13.7. The van der Waals surface area contributed by atoms with Gasteiger partial charge in [0.15, 0.2) is 0 Å². The Morgan fingerprint density at radius 1 is 0.375 bits per heavy atom. The van der Waals surface area contributed by atoms with Crippen LogP contribution in [0.2, 0.25) is 0 Å². The minimum atomic E-state index is 1.13. The molecular weight excluding hydrogens is 482 g/mol. The lowest BCUT2D eigenvalue weighted by molar-refractivity contribution is 1.28. The van der Waals surface area contributed by atoms with Crippen LogP contribution in [0.1, 0.15) is 27.8 Å². The smallest absolute Gasteiger partial charge is 0.0462 e. The van der Waals surface area contributed by atoms with Crippen LogP contribution < -0.4 is 4.90 Å². The fourth-order valence-corrected chi connectivity index (χ4v) is 4.89. The Hall–Kier alpha value is -5.14. The third-order valence-electron chi connectivity index (χ3n) is 7.08. The van der Waals surface area contributed by atoms with Crippen molar-refractivity contribution >= 4 is 52.1 Å². The second-order valence-corrected chi connectivity index (χ2v) is 10.0. The maximum absolute atomic E-state index is 2.28. The Labute approximate surface area is 237 Å². The lowest BCUT2D eigenvalue weighted by atomic mass is 10.0. The number of hydrogen-bond donors (Lipinski definition) is 0. The summed E-state index contributed by atoms with van der Waals surface area (Å²) in [7, 11) is 0. The van der Waals surface area contributed by atoms with Gasteiger partial charge in [0.1, 0.15) is 0 Å². The van der Waals surface area contributed by atoms with E-state index in [1.807, 2.05) is 0 Å². The van der Waals surface area contributed by atoms with Crippen LogP contribution in [-0.4, -0.2) is 0 Å². The average molecular weight is 514 g/mol. The molecule has 0 bridgehead atoms. The minimum Gasteiger partial charge on any atom is -0.311 e. The summed E-state index contributed by atoms with van der Waals surface area (Å²) in [5, 5.41) is 2.49. The Morgan fingerprint density at radius 3 is 1.23 bits per heavy atom. The molecule has 0 fully saturated rings. The molecule has 0 unspecified atom stereocenters. The van der Waals surface area contributed by atoms with E-state index in [1.165, 1.54) is 38.6 Å². The van der Waals surface area contributed by atoms with Crippen molar-refractivity contribution in [2.75, 3.05) is 4.90 Å². The number of rotatable bonds is 7. The Balaban J connectivity index is 1.19. The number of aryl methyl sites for hydroxylation is 1. The van der Waals surface area contributed by atoms with Gasteiger partial charge in [0.25, 0.3) is 0 Å². The molecule has 0 saturated carbocycles. The molecule has 0 aliphatic heterocycles. The van der Waals surface area contributed by atoms with Gasteiger partial charge in [0, 0.05) is 17.1 Å². The highest BCUT2D eigenvalue weighted by Gasteiger charge is 2.11. The maximum atomic E-state index is 2.28. The zero-order valence-electron chi connectivity index (χ0n) is 22.6. The van der Waals surface area contributed by atoms with Crippen molar-refractivity contribution in [2.24, 2.45) is 0 Å². The number of nitrogens with zero attached hydrogens (tertiary/aromatic N) is 1. The van der Waals surface area contributed by atoms with Gasteiger partial charge in [0.2, 0.25) is 0 Å². The normalized spacial score (nSPS) is 11.4. The van der Waals surface area contributed by atoms with Gasteiger partial charge in [-0.05, 0) is 88.5 Å². The summed E-state index contributed by atoms with van der Waals surface area (Å²) in [5.41, 5.74) is 9.47. The van der Waals surface area contributed by atoms with Gasteiger partial charge in [-0.25, -0.2) is 0 Å². The molecule has 0 saturated heterocycles. The van der Waals surface area contributed by atoms with E-state index >= 15 is 0 Å². The standard InChI is InChI=1S/C39H31N/c1-30-12-14-31(15-13-30)16-18-33-20-24-36-29-34(21-25-35(36)28-33)19-17-32-22-26-39(27-23-32)40(37-8-4-2-5-9-37)38-10-6-3-7-11-38/h2-29H,1H3/b18-16+,19-17+. The molecule has 0 spiro atoms. The molecule has 1 nitrogen and oxygen atoms in total. The van der Waals surface area contributed by atoms with Crippen molar-refractivity contribution in [3.8, 4) is 0 Å². The lowest BCUT2D eigenvalue weighted by Gasteiger charge is -2.25. The van der Waals surface area contributed by atoms with E-state index in [-0.39, 0.29) is 0 Å². The predicted octanol–water partition coefficient (Wildman–Crippen LogP) is 11.0. The summed E-state index contributed by atoms with van der Waals surface area (Å²) in [4.78, 5) is 2.28.